The summed E-state index contributed by atoms with van der Waals surface area (Å²) in [4.78, 5) is 14.5. The summed E-state index contributed by atoms with van der Waals surface area (Å²) in [6.07, 6.45) is 2.62. The number of benzene rings is 1. The molecule has 1 heterocycles. The van der Waals surface area contributed by atoms with Crippen LogP contribution in [0.5, 0.6) is 0 Å². The van der Waals surface area contributed by atoms with Crippen molar-refractivity contribution in [1.29, 1.82) is 0 Å². The minimum absolute atomic E-state index is 0.00171. The van der Waals surface area contributed by atoms with E-state index in [1.807, 2.05) is 24.3 Å². The molecule has 0 saturated carbocycles. The number of hydrogen-bond donors (Lipinski definition) is 2. The highest BCUT2D eigenvalue weighted by Gasteiger charge is 2.15. The molecule has 1 aliphatic heterocycles. The molecule has 0 spiro atoms. The standard InChI is InChI=1S/C16H25N3O/c1-13(12-19-8-2-3-9-19)11-18-16(20)15-6-4-14(10-17)5-7-15/h4-7,13H,2-3,8-12,17H2,1H3,(H,18,20). The Labute approximate surface area is 121 Å². The van der Waals surface area contributed by atoms with Gasteiger partial charge in [-0.15, -0.1) is 0 Å². The summed E-state index contributed by atoms with van der Waals surface area (Å²) in [5.41, 5.74) is 7.30. The van der Waals surface area contributed by atoms with E-state index in [0.717, 1.165) is 18.7 Å². The van der Waals surface area contributed by atoms with Crippen molar-refractivity contribution < 1.29 is 4.79 Å². The van der Waals surface area contributed by atoms with Crippen molar-refractivity contribution in [1.82, 2.24) is 10.2 Å². The first-order chi connectivity index (χ1) is 9.69. The van der Waals surface area contributed by atoms with E-state index in [4.69, 9.17) is 5.73 Å². The fourth-order valence-electron chi connectivity index (χ4n) is 2.63. The van der Waals surface area contributed by atoms with Crippen molar-refractivity contribution in [2.45, 2.75) is 26.3 Å². The van der Waals surface area contributed by atoms with Gasteiger partial charge in [-0.3, -0.25) is 4.79 Å². The summed E-state index contributed by atoms with van der Waals surface area (Å²) in [5, 5.41) is 3.01. The van der Waals surface area contributed by atoms with Gasteiger partial charge in [-0.2, -0.15) is 0 Å². The first kappa shape index (κ1) is 15.0. The molecule has 1 amide bonds. The highest BCUT2D eigenvalue weighted by atomic mass is 16.1. The zero-order chi connectivity index (χ0) is 14.4. The van der Waals surface area contributed by atoms with Crippen molar-refractivity contribution in [2.75, 3.05) is 26.2 Å². The number of nitrogens with two attached hydrogens (primary N) is 1. The van der Waals surface area contributed by atoms with Crippen LogP contribution in [0.15, 0.2) is 24.3 Å². The van der Waals surface area contributed by atoms with Gasteiger partial charge in [-0.1, -0.05) is 19.1 Å². The van der Waals surface area contributed by atoms with Crippen LogP contribution in [0.3, 0.4) is 0 Å². The second-order valence-corrected chi connectivity index (χ2v) is 5.72. The fraction of sp³-hybridized carbons (Fsp3) is 0.562. The number of nitrogens with zero attached hydrogens (tertiary/aromatic N) is 1. The first-order valence-electron chi connectivity index (χ1n) is 7.48. The van der Waals surface area contributed by atoms with Gasteiger partial charge in [0.05, 0.1) is 0 Å². The van der Waals surface area contributed by atoms with Crippen molar-refractivity contribution >= 4 is 5.91 Å². The van der Waals surface area contributed by atoms with Gasteiger partial charge in [-0.05, 0) is 49.5 Å². The average Bonchev–Trinajstić information content (AvgIpc) is 2.97. The highest BCUT2D eigenvalue weighted by Crippen LogP contribution is 2.10. The largest absolute Gasteiger partial charge is 0.352 e. The molecule has 0 aliphatic carbocycles. The molecule has 0 aromatic heterocycles. The summed E-state index contributed by atoms with van der Waals surface area (Å²) in [7, 11) is 0. The Morgan fingerprint density at radius 2 is 1.95 bits per heavy atom. The number of nitrogens with one attached hydrogen (secondary N) is 1. The summed E-state index contributed by atoms with van der Waals surface area (Å²) >= 11 is 0. The van der Waals surface area contributed by atoms with Crippen LogP contribution < -0.4 is 11.1 Å². The first-order valence-corrected chi connectivity index (χ1v) is 7.48. The van der Waals surface area contributed by atoms with Crippen molar-refractivity contribution in [2.24, 2.45) is 11.7 Å². The summed E-state index contributed by atoms with van der Waals surface area (Å²) in [5.74, 6) is 0.488. The molecule has 1 saturated heterocycles. The van der Waals surface area contributed by atoms with E-state index in [9.17, 15) is 4.79 Å². The number of carbonyl (C=O) groups is 1. The normalized spacial score (nSPS) is 17.1. The van der Waals surface area contributed by atoms with Crippen LogP contribution in [-0.4, -0.2) is 37.0 Å². The van der Waals surface area contributed by atoms with Gasteiger partial charge < -0.3 is 16.0 Å². The molecule has 1 fully saturated rings. The van der Waals surface area contributed by atoms with Crippen LogP contribution in [0.25, 0.3) is 0 Å². The van der Waals surface area contributed by atoms with Crippen molar-refractivity contribution in [3.05, 3.63) is 35.4 Å². The Bertz CT molecular complexity index is 424. The van der Waals surface area contributed by atoms with Crippen LogP contribution >= 0.6 is 0 Å². The molecule has 1 aliphatic rings. The van der Waals surface area contributed by atoms with Crippen LogP contribution in [-0.2, 0) is 6.54 Å². The molecule has 1 unspecified atom stereocenters. The summed E-state index contributed by atoms with van der Waals surface area (Å²) in [6, 6.07) is 7.48. The predicted octanol–water partition coefficient (Wildman–Crippen LogP) is 1.61. The monoisotopic (exact) mass is 275 g/mol. The molecule has 1 aromatic rings. The van der Waals surface area contributed by atoms with Crippen molar-refractivity contribution in [3.63, 3.8) is 0 Å². The quantitative estimate of drug-likeness (QED) is 0.829. The minimum atomic E-state index is 0.00171. The Hall–Kier alpha value is -1.39. The molecule has 4 heteroatoms. The number of hydrogen-bond acceptors (Lipinski definition) is 3. The Balaban J connectivity index is 1.75. The van der Waals surface area contributed by atoms with Gasteiger partial charge in [0.1, 0.15) is 0 Å². The second kappa shape index (κ2) is 7.41. The maximum Gasteiger partial charge on any atom is 0.251 e. The topological polar surface area (TPSA) is 58.4 Å². The molecule has 2 rings (SSSR count). The Kier molecular flexibility index (Phi) is 5.56. The van der Waals surface area contributed by atoms with Crippen LogP contribution in [0.1, 0.15) is 35.7 Å². The van der Waals surface area contributed by atoms with E-state index in [2.05, 4.69) is 17.1 Å². The number of carbonyl (C=O) groups excluding carboxylic acids is 1. The number of rotatable bonds is 6. The average molecular weight is 275 g/mol. The van der Waals surface area contributed by atoms with Gasteiger partial charge in [0.15, 0.2) is 0 Å². The van der Waals surface area contributed by atoms with Crippen LogP contribution in [0.4, 0.5) is 0 Å². The third-order valence-corrected chi connectivity index (χ3v) is 3.83. The molecule has 1 atom stereocenters. The zero-order valence-corrected chi connectivity index (χ0v) is 12.3. The van der Waals surface area contributed by atoms with Gasteiger partial charge in [0, 0.05) is 25.2 Å². The van der Waals surface area contributed by atoms with E-state index in [1.54, 1.807) is 0 Å². The number of likely N-dealkylation sites (tertiary alicyclic amines) is 1. The molecule has 4 nitrogen and oxygen atoms in total. The van der Waals surface area contributed by atoms with E-state index >= 15 is 0 Å². The lowest BCUT2D eigenvalue weighted by atomic mass is 10.1. The van der Waals surface area contributed by atoms with E-state index in [-0.39, 0.29) is 5.91 Å². The Morgan fingerprint density at radius 3 is 2.55 bits per heavy atom. The molecule has 0 bridgehead atoms. The maximum atomic E-state index is 12.0. The third-order valence-electron chi connectivity index (χ3n) is 3.83. The van der Waals surface area contributed by atoms with Crippen LogP contribution in [0, 0.1) is 5.92 Å². The van der Waals surface area contributed by atoms with Gasteiger partial charge in [0.25, 0.3) is 5.91 Å². The lowest BCUT2D eigenvalue weighted by Gasteiger charge is -2.20. The molecular weight excluding hydrogens is 250 g/mol. The predicted molar refractivity (Wildman–Crippen MR) is 81.5 cm³/mol. The van der Waals surface area contributed by atoms with Gasteiger partial charge in [0.2, 0.25) is 0 Å². The zero-order valence-electron chi connectivity index (χ0n) is 12.3. The third kappa shape index (κ3) is 4.32. The molecule has 3 N–H and O–H groups in total. The molecule has 20 heavy (non-hydrogen) atoms. The van der Waals surface area contributed by atoms with Gasteiger partial charge in [-0.25, -0.2) is 0 Å². The summed E-state index contributed by atoms with van der Waals surface area (Å²) in [6.45, 7) is 6.92. The molecule has 1 aromatic carbocycles. The van der Waals surface area contributed by atoms with E-state index in [0.29, 0.717) is 18.0 Å². The SMILES string of the molecule is CC(CNC(=O)c1ccc(CN)cc1)CN1CCCC1. The molecular formula is C16H25N3O. The molecule has 0 radical (unpaired) electrons. The highest BCUT2D eigenvalue weighted by molar-refractivity contribution is 5.94. The van der Waals surface area contributed by atoms with E-state index in [1.165, 1.54) is 25.9 Å². The summed E-state index contributed by atoms with van der Waals surface area (Å²) < 4.78 is 0. The molecule has 110 valence electrons. The van der Waals surface area contributed by atoms with Crippen LogP contribution in [0.2, 0.25) is 0 Å². The minimum Gasteiger partial charge on any atom is -0.352 e. The van der Waals surface area contributed by atoms with Gasteiger partial charge >= 0.3 is 0 Å². The van der Waals surface area contributed by atoms with Crippen molar-refractivity contribution in [3.8, 4) is 0 Å². The lowest BCUT2D eigenvalue weighted by Crippen LogP contribution is -2.34. The fourth-order valence-corrected chi connectivity index (χ4v) is 2.63. The second-order valence-electron chi connectivity index (χ2n) is 5.72. The number of amides is 1. The smallest absolute Gasteiger partial charge is 0.251 e. The lowest BCUT2D eigenvalue weighted by molar-refractivity contribution is 0.0945. The maximum absolute atomic E-state index is 12.0. The Morgan fingerprint density at radius 1 is 1.30 bits per heavy atom. The van der Waals surface area contributed by atoms with E-state index < -0.39 is 0 Å².